The molecule has 1 fully saturated rings. The van der Waals surface area contributed by atoms with Crippen LogP contribution in [0, 0.1) is 0 Å². The number of carboxylic acid groups (broad SMARTS) is 1. The first kappa shape index (κ1) is 14.9. The molecule has 1 aromatic heterocycles. The Labute approximate surface area is 120 Å². The van der Waals surface area contributed by atoms with Crippen LogP contribution in [-0.2, 0) is 10.2 Å². The average molecular weight is 300 g/mol. The minimum atomic E-state index is -2.33. The molecule has 0 bridgehead atoms. The summed E-state index contributed by atoms with van der Waals surface area (Å²) >= 11 is 1.21. The third kappa shape index (κ3) is 2.54. The molecule has 1 aromatic rings. The average Bonchev–Trinajstić information content (AvgIpc) is 2.94. The standard InChI is InChI=1S/C13H17FN2O3S/c1-12(2,3)9-8(20-7-15-9)10(17)16-5-4-13(14,6-16)11(18)19/h7H,4-6H2,1-3H3,(H,18,19). The van der Waals surface area contributed by atoms with Gasteiger partial charge in [-0.05, 0) is 0 Å². The third-order valence-corrected chi connectivity index (χ3v) is 4.18. The van der Waals surface area contributed by atoms with Crippen LogP contribution >= 0.6 is 11.3 Å². The van der Waals surface area contributed by atoms with Crippen LogP contribution in [0.4, 0.5) is 4.39 Å². The van der Waals surface area contributed by atoms with Gasteiger partial charge in [-0.15, -0.1) is 11.3 Å². The molecule has 0 aliphatic carbocycles. The van der Waals surface area contributed by atoms with Gasteiger partial charge in [0.15, 0.2) is 0 Å². The van der Waals surface area contributed by atoms with Gasteiger partial charge >= 0.3 is 5.97 Å². The number of carbonyl (C=O) groups excluding carboxylic acids is 1. The lowest BCUT2D eigenvalue weighted by Gasteiger charge is -2.21. The summed E-state index contributed by atoms with van der Waals surface area (Å²) in [5.41, 5.74) is -0.365. The quantitative estimate of drug-likeness (QED) is 0.908. The van der Waals surface area contributed by atoms with Gasteiger partial charge in [0.2, 0.25) is 5.67 Å². The molecule has 2 rings (SSSR count). The van der Waals surface area contributed by atoms with E-state index in [-0.39, 0.29) is 24.3 Å². The van der Waals surface area contributed by atoms with E-state index in [2.05, 4.69) is 4.98 Å². The van der Waals surface area contributed by atoms with Crippen molar-refractivity contribution in [1.82, 2.24) is 9.88 Å². The summed E-state index contributed by atoms with van der Waals surface area (Å²) in [5, 5.41) is 8.86. The number of halogens is 1. The van der Waals surface area contributed by atoms with Crippen molar-refractivity contribution < 1.29 is 19.1 Å². The number of thiazole rings is 1. The van der Waals surface area contributed by atoms with Crippen LogP contribution in [0.3, 0.4) is 0 Å². The molecule has 1 aliphatic rings. The second-order valence-corrected chi connectivity index (χ2v) is 6.88. The fraction of sp³-hybridized carbons (Fsp3) is 0.615. The number of aliphatic carboxylic acids is 1. The van der Waals surface area contributed by atoms with Crippen LogP contribution in [0.1, 0.15) is 42.6 Å². The highest BCUT2D eigenvalue weighted by Crippen LogP contribution is 2.31. The van der Waals surface area contributed by atoms with E-state index < -0.39 is 18.2 Å². The number of amides is 1. The third-order valence-electron chi connectivity index (χ3n) is 3.36. The summed E-state index contributed by atoms with van der Waals surface area (Å²) in [6.07, 6.45) is -0.169. The number of hydrogen-bond acceptors (Lipinski definition) is 4. The Balaban J connectivity index is 2.23. The SMILES string of the molecule is CC(C)(C)c1ncsc1C(=O)N1CCC(F)(C(=O)O)C1. The van der Waals surface area contributed by atoms with Gasteiger partial charge in [0.05, 0.1) is 17.7 Å². The minimum Gasteiger partial charge on any atom is -0.479 e. The molecule has 1 aliphatic heterocycles. The van der Waals surface area contributed by atoms with Gasteiger partial charge < -0.3 is 10.0 Å². The van der Waals surface area contributed by atoms with Gasteiger partial charge in [-0.2, -0.15) is 0 Å². The predicted molar refractivity (Wildman–Crippen MR) is 72.8 cm³/mol. The van der Waals surface area contributed by atoms with Gasteiger partial charge in [-0.1, -0.05) is 20.8 Å². The fourth-order valence-corrected chi connectivity index (χ4v) is 3.16. The summed E-state index contributed by atoms with van der Waals surface area (Å²) in [7, 11) is 0. The van der Waals surface area contributed by atoms with E-state index in [1.54, 1.807) is 5.51 Å². The molecule has 2 heterocycles. The van der Waals surface area contributed by atoms with Crippen LogP contribution in [0.5, 0.6) is 0 Å². The lowest BCUT2D eigenvalue weighted by Crippen LogP contribution is -2.39. The Morgan fingerprint density at radius 3 is 2.65 bits per heavy atom. The Morgan fingerprint density at radius 1 is 1.50 bits per heavy atom. The predicted octanol–water partition coefficient (Wildman–Crippen LogP) is 2.08. The molecule has 1 N–H and O–H groups in total. The highest BCUT2D eigenvalue weighted by molar-refractivity contribution is 7.11. The first-order valence-electron chi connectivity index (χ1n) is 6.31. The monoisotopic (exact) mass is 300 g/mol. The largest absolute Gasteiger partial charge is 0.479 e. The Kier molecular flexibility index (Phi) is 3.58. The van der Waals surface area contributed by atoms with Crippen molar-refractivity contribution in [3.8, 4) is 0 Å². The summed E-state index contributed by atoms with van der Waals surface area (Å²) in [6.45, 7) is 5.55. The molecular formula is C13H17FN2O3S. The smallest absolute Gasteiger partial charge is 0.343 e. The maximum Gasteiger partial charge on any atom is 0.343 e. The van der Waals surface area contributed by atoms with Crippen LogP contribution < -0.4 is 0 Å². The van der Waals surface area contributed by atoms with Crippen LogP contribution in [-0.4, -0.2) is 45.6 Å². The Morgan fingerprint density at radius 2 is 2.15 bits per heavy atom. The molecule has 5 nitrogen and oxygen atoms in total. The fourth-order valence-electron chi connectivity index (χ4n) is 2.20. The lowest BCUT2D eigenvalue weighted by molar-refractivity contribution is -0.149. The van der Waals surface area contributed by atoms with E-state index in [1.165, 1.54) is 16.2 Å². The van der Waals surface area contributed by atoms with Crippen molar-refractivity contribution in [1.29, 1.82) is 0 Å². The zero-order valence-corrected chi connectivity index (χ0v) is 12.5. The molecule has 110 valence electrons. The van der Waals surface area contributed by atoms with Gasteiger partial charge in [0, 0.05) is 18.4 Å². The van der Waals surface area contributed by atoms with Crippen molar-refractivity contribution in [3.63, 3.8) is 0 Å². The maximum absolute atomic E-state index is 14.0. The van der Waals surface area contributed by atoms with E-state index in [4.69, 9.17) is 5.11 Å². The second-order valence-electron chi connectivity index (χ2n) is 6.03. The van der Waals surface area contributed by atoms with Crippen molar-refractivity contribution in [2.24, 2.45) is 0 Å². The molecule has 20 heavy (non-hydrogen) atoms. The topological polar surface area (TPSA) is 70.5 Å². The summed E-state index contributed by atoms with van der Waals surface area (Å²) in [4.78, 5) is 29.2. The van der Waals surface area contributed by atoms with E-state index in [0.717, 1.165) is 0 Å². The van der Waals surface area contributed by atoms with Crippen LogP contribution in [0.15, 0.2) is 5.51 Å². The van der Waals surface area contributed by atoms with Crippen molar-refractivity contribution in [2.75, 3.05) is 13.1 Å². The summed E-state index contributed by atoms with van der Waals surface area (Å²) in [5.74, 6) is -1.84. The van der Waals surface area contributed by atoms with Crippen molar-refractivity contribution >= 4 is 23.2 Å². The molecule has 0 radical (unpaired) electrons. The molecule has 0 spiro atoms. The number of likely N-dealkylation sites (tertiary alicyclic amines) is 1. The highest BCUT2D eigenvalue weighted by Gasteiger charge is 2.47. The van der Waals surface area contributed by atoms with Crippen LogP contribution in [0.2, 0.25) is 0 Å². The summed E-state index contributed by atoms with van der Waals surface area (Å²) < 4.78 is 14.0. The number of hydrogen-bond donors (Lipinski definition) is 1. The first-order valence-corrected chi connectivity index (χ1v) is 7.19. The van der Waals surface area contributed by atoms with E-state index in [0.29, 0.717) is 10.6 Å². The normalized spacial score (nSPS) is 23.1. The summed E-state index contributed by atoms with van der Waals surface area (Å²) in [6, 6.07) is 0. The molecule has 1 saturated heterocycles. The zero-order valence-electron chi connectivity index (χ0n) is 11.6. The number of aromatic nitrogens is 1. The molecule has 0 aromatic carbocycles. The number of carbonyl (C=O) groups is 2. The molecule has 0 saturated carbocycles. The number of nitrogens with zero attached hydrogens (tertiary/aromatic N) is 2. The second kappa shape index (κ2) is 4.80. The van der Waals surface area contributed by atoms with Crippen molar-refractivity contribution in [3.05, 3.63) is 16.1 Å². The van der Waals surface area contributed by atoms with E-state index in [9.17, 15) is 14.0 Å². The molecule has 1 unspecified atom stereocenters. The molecule has 1 atom stereocenters. The maximum atomic E-state index is 14.0. The molecular weight excluding hydrogens is 283 g/mol. The number of rotatable bonds is 2. The van der Waals surface area contributed by atoms with Crippen LogP contribution in [0.25, 0.3) is 0 Å². The van der Waals surface area contributed by atoms with E-state index >= 15 is 0 Å². The Bertz CT molecular complexity index is 552. The zero-order chi connectivity index (χ0) is 15.1. The van der Waals surface area contributed by atoms with Gasteiger partial charge in [0.25, 0.3) is 5.91 Å². The lowest BCUT2D eigenvalue weighted by atomic mass is 9.91. The van der Waals surface area contributed by atoms with Gasteiger partial charge in [-0.3, -0.25) is 4.79 Å². The highest BCUT2D eigenvalue weighted by atomic mass is 32.1. The van der Waals surface area contributed by atoms with Crippen molar-refractivity contribution in [2.45, 2.75) is 38.3 Å². The minimum absolute atomic E-state index is 0.114. The molecule has 7 heteroatoms. The Hall–Kier alpha value is -1.50. The number of alkyl halides is 1. The van der Waals surface area contributed by atoms with Gasteiger partial charge in [0.1, 0.15) is 4.88 Å². The van der Waals surface area contributed by atoms with E-state index in [1.807, 2.05) is 20.8 Å². The number of carboxylic acids is 1. The molecule has 1 amide bonds. The first-order chi connectivity index (χ1) is 9.15. The van der Waals surface area contributed by atoms with Gasteiger partial charge in [-0.25, -0.2) is 14.2 Å².